The quantitative estimate of drug-likeness (QED) is 0.849. The van der Waals surface area contributed by atoms with E-state index in [0.717, 1.165) is 5.56 Å². The van der Waals surface area contributed by atoms with Crippen LogP contribution in [-0.2, 0) is 11.3 Å². The Bertz CT molecular complexity index is 766. The third-order valence-corrected chi connectivity index (χ3v) is 3.05. The molecule has 0 unspecified atom stereocenters. The molecule has 0 radical (unpaired) electrons. The van der Waals surface area contributed by atoms with E-state index in [1.165, 1.54) is 7.11 Å². The maximum Gasteiger partial charge on any atom is 0.337 e. The van der Waals surface area contributed by atoms with Crippen molar-refractivity contribution >= 4 is 17.7 Å². The molecule has 0 bridgehead atoms. The third kappa shape index (κ3) is 4.58. The SMILES string of the molecule is COC(=O)c1cccc(CNC(=O)Nc2cccc(C#N)c2)c1. The van der Waals surface area contributed by atoms with Gasteiger partial charge in [0.05, 0.1) is 24.3 Å². The molecule has 0 aliphatic carbocycles. The molecule has 0 heterocycles. The van der Waals surface area contributed by atoms with E-state index in [2.05, 4.69) is 15.4 Å². The highest BCUT2D eigenvalue weighted by atomic mass is 16.5. The number of nitrogens with zero attached hydrogens (tertiary/aromatic N) is 1. The van der Waals surface area contributed by atoms with Gasteiger partial charge in [0.15, 0.2) is 0 Å². The van der Waals surface area contributed by atoms with E-state index in [1.54, 1.807) is 48.5 Å². The van der Waals surface area contributed by atoms with E-state index >= 15 is 0 Å². The Morgan fingerprint density at radius 1 is 1.17 bits per heavy atom. The predicted molar refractivity (Wildman–Crippen MR) is 84.8 cm³/mol. The number of carbonyl (C=O) groups is 2. The summed E-state index contributed by atoms with van der Waals surface area (Å²) in [6.07, 6.45) is 0. The first-order valence-electron chi connectivity index (χ1n) is 6.84. The number of amides is 2. The number of urea groups is 1. The standard InChI is InChI=1S/C17H15N3O3/c1-23-16(21)14-6-2-5-13(8-14)11-19-17(22)20-15-7-3-4-12(9-15)10-18/h2-9H,11H2,1H3,(H2,19,20,22). The topological polar surface area (TPSA) is 91.2 Å². The Kier molecular flexibility index (Phi) is 5.31. The summed E-state index contributed by atoms with van der Waals surface area (Å²) in [6, 6.07) is 15.0. The number of hydrogen-bond donors (Lipinski definition) is 2. The summed E-state index contributed by atoms with van der Waals surface area (Å²) in [6.45, 7) is 0.259. The highest BCUT2D eigenvalue weighted by Gasteiger charge is 2.07. The zero-order valence-corrected chi connectivity index (χ0v) is 12.5. The molecular weight excluding hydrogens is 294 g/mol. The van der Waals surface area contributed by atoms with Crippen LogP contribution in [0.4, 0.5) is 10.5 Å². The van der Waals surface area contributed by atoms with Crippen molar-refractivity contribution in [1.82, 2.24) is 5.32 Å². The van der Waals surface area contributed by atoms with Gasteiger partial charge in [-0.05, 0) is 35.9 Å². The van der Waals surface area contributed by atoms with Gasteiger partial charge in [0.25, 0.3) is 0 Å². The van der Waals surface area contributed by atoms with Gasteiger partial charge in [0.1, 0.15) is 0 Å². The highest BCUT2D eigenvalue weighted by molar-refractivity contribution is 5.90. The second-order valence-corrected chi connectivity index (χ2v) is 4.69. The van der Waals surface area contributed by atoms with Gasteiger partial charge in [-0.25, -0.2) is 9.59 Å². The average Bonchev–Trinajstić information content (AvgIpc) is 2.59. The van der Waals surface area contributed by atoms with Crippen LogP contribution in [-0.4, -0.2) is 19.1 Å². The van der Waals surface area contributed by atoms with Crippen molar-refractivity contribution in [2.24, 2.45) is 0 Å². The van der Waals surface area contributed by atoms with E-state index in [1.807, 2.05) is 6.07 Å². The lowest BCUT2D eigenvalue weighted by Gasteiger charge is -2.08. The number of nitriles is 1. The molecule has 0 aliphatic rings. The first-order valence-corrected chi connectivity index (χ1v) is 6.84. The molecular formula is C17H15N3O3. The zero-order valence-electron chi connectivity index (χ0n) is 12.5. The molecule has 6 nitrogen and oxygen atoms in total. The van der Waals surface area contributed by atoms with Crippen molar-refractivity contribution < 1.29 is 14.3 Å². The lowest BCUT2D eigenvalue weighted by molar-refractivity contribution is 0.0600. The molecule has 2 aromatic carbocycles. The Morgan fingerprint density at radius 2 is 1.96 bits per heavy atom. The first kappa shape index (κ1) is 16.0. The number of hydrogen-bond acceptors (Lipinski definition) is 4. The van der Waals surface area contributed by atoms with Crippen molar-refractivity contribution in [2.45, 2.75) is 6.54 Å². The smallest absolute Gasteiger partial charge is 0.337 e. The molecule has 23 heavy (non-hydrogen) atoms. The van der Waals surface area contributed by atoms with Gasteiger partial charge in [-0.15, -0.1) is 0 Å². The van der Waals surface area contributed by atoms with Crippen LogP contribution < -0.4 is 10.6 Å². The van der Waals surface area contributed by atoms with Crippen LogP contribution in [0.1, 0.15) is 21.5 Å². The normalized spacial score (nSPS) is 9.57. The van der Waals surface area contributed by atoms with Crippen LogP contribution in [0.25, 0.3) is 0 Å². The Hall–Kier alpha value is -3.33. The third-order valence-electron chi connectivity index (χ3n) is 3.05. The second-order valence-electron chi connectivity index (χ2n) is 4.69. The number of ether oxygens (including phenoxy) is 1. The van der Waals surface area contributed by atoms with Crippen LogP contribution in [0.5, 0.6) is 0 Å². The van der Waals surface area contributed by atoms with Gasteiger partial charge in [-0.1, -0.05) is 18.2 Å². The van der Waals surface area contributed by atoms with Crippen LogP contribution in [0.3, 0.4) is 0 Å². The van der Waals surface area contributed by atoms with Gasteiger partial charge < -0.3 is 15.4 Å². The molecule has 0 fully saturated rings. The number of benzene rings is 2. The molecule has 2 rings (SSSR count). The average molecular weight is 309 g/mol. The number of anilines is 1. The lowest BCUT2D eigenvalue weighted by Crippen LogP contribution is -2.28. The molecule has 116 valence electrons. The summed E-state index contributed by atoms with van der Waals surface area (Å²) in [7, 11) is 1.32. The molecule has 6 heteroatoms. The van der Waals surface area contributed by atoms with Crippen LogP contribution >= 0.6 is 0 Å². The number of esters is 1. The molecule has 0 aromatic heterocycles. The predicted octanol–water partition coefficient (Wildman–Crippen LogP) is 2.67. The first-order chi connectivity index (χ1) is 11.1. The summed E-state index contributed by atoms with van der Waals surface area (Å²) >= 11 is 0. The fraction of sp³-hybridized carbons (Fsp3) is 0.118. The van der Waals surface area contributed by atoms with Gasteiger partial charge >= 0.3 is 12.0 Å². The Morgan fingerprint density at radius 3 is 2.70 bits per heavy atom. The van der Waals surface area contributed by atoms with E-state index in [4.69, 9.17) is 5.26 Å². The van der Waals surface area contributed by atoms with E-state index in [9.17, 15) is 9.59 Å². The summed E-state index contributed by atoms with van der Waals surface area (Å²) in [5, 5.41) is 14.1. The molecule has 0 aliphatic heterocycles. The van der Waals surface area contributed by atoms with Crippen LogP contribution in [0.15, 0.2) is 48.5 Å². The maximum atomic E-state index is 11.9. The molecule has 2 N–H and O–H groups in total. The fourth-order valence-electron chi connectivity index (χ4n) is 1.95. The summed E-state index contributed by atoms with van der Waals surface area (Å²) in [4.78, 5) is 23.3. The van der Waals surface area contributed by atoms with Gasteiger partial charge in [-0.2, -0.15) is 5.26 Å². The van der Waals surface area contributed by atoms with Gasteiger partial charge in [0.2, 0.25) is 0 Å². The largest absolute Gasteiger partial charge is 0.465 e. The lowest BCUT2D eigenvalue weighted by atomic mass is 10.1. The second kappa shape index (κ2) is 7.61. The summed E-state index contributed by atoms with van der Waals surface area (Å²) in [5.74, 6) is -0.426. The van der Waals surface area contributed by atoms with Crippen LogP contribution in [0.2, 0.25) is 0 Å². The molecule has 2 aromatic rings. The number of rotatable bonds is 4. The van der Waals surface area contributed by atoms with Crippen molar-refractivity contribution in [1.29, 1.82) is 5.26 Å². The zero-order chi connectivity index (χ0) is 16.7. The van der Waals surface area contributed by atoms with Gasteiger partial charge in [-0.3, -0.25) is 0 Å². The minimum absolute atomic E-state index is 0.259. The van der Waals surface area contributed by atoms with E-state index in [0.29, 0.717) is 16.8 Å². The summed E-state index contributed by atoms with van der Waals surface area (Å²) in [5.41, 5.74) is 2.20. The Balaban J connectivity index is 1.94. The number of carbonyl (C=O) groups excluding carboxylic acids is 2. The van der Waals surface area contributed by atoms with Crippen molar-refractivity contribution in [3.8, 4) is 6.07 Å². The molecule has 0 saturated heterocycles. The van der Waals surface area contributed by atoms with E-state index < -0.39 is 12.0 Å². The maximum absolute atomic E-state index is 11.9. The highest BCUT2D eigenvalue weighted by Crippen LogP contribution is 2.10. The van der Waals surface area contributed by atoms with Crippen molar-refractivity contribution in [3.63, 3.8) is 0 Å². The molecule has 0 saturated carbocycles. The molecule has 0 atom stereocenters. The minimum atomic E-state index is -0.426. The van der Waals surface area contributed by atoms with Crippen molar-refractivity contribution in [3.05, 3.63) is 65.2 Å². The minimum Gasteiger partial charge on any atom is -0.465 e. The fourth-order valence-corrected chi connectivity index (χ4v) is 1.95. The van der Waals surface area contributed by atoms with Crippen molar-refractivity contribution in [2.75, 3.05) is 12.4 Å². The monoisotopic (exact) mass is 309 g/mol. The molecule has 2 amide bonds. The van der Waals surface area contributed by atoms with Crippen LogP contribution in [0, 0.1) is 11.3 Å². The number of methoxy groups -OCH3 is 1. The van der Waals surface area contributed by atoms with E-state index in [-0.39, 0.29) is 6.54 Å². The Labute approximate surface area is 133 Å². The molecule has 0 spiro atoms. The van der Waals surface area contributed by atoms with Gasteiger partial charge in [0, 0.05) is 12.2 Å². The summed E-state index contributed by atoms with van der Waals surface area (Å²) < 4.78 is 4.65. The number of nitrogens with one attached hydrogen (secondary N) is 2.